The lowest BCUT2D eigenvalue weighted by molar-refractivity contribution is -0.121. The predicted molar refractivity (Wildman–Crippen MR) is 123 cm³/mol. The first-order valence-corrected chi connectivity index (χ1v) is 10.9. The van der Waals surface area contributed by atoms with Crippen LogP contribution in [0.15, 0.2) is 67.1 Å². The van der Waals surface area contributed by atoms with Crippen molar-refractivity contribution in [1.82, 2.24) is 15.3 Å². The smallest absolute Gasteiger partial charge is 0.221 e. The van der Waals surface area contributed by atoms with Gasteiger partial charge in [-0.15, -0.1) is 0 Å². The normalized spacial score (nSPS) is 13.7. The van der Waals surface area contributed by atoms with Gasteiger partial charge in [-0.25, -0.2) is 0 Å². The summed E-state index contributed by atoms with van der Waals surface area (Å²) >= 11 is 6.28. The van der Waals surface area contributed by atoms with E-state index in [2.05, 4.69) is 15.3 Å². The summed E-state index contributed by atoms with van der Waals surface area (Å²) in [6, 6.07) is 15.4. The number of aromatic nitrogens is 2. The summed E-state index contributed by atoms with van der Waals surface area (Å²) in [5.74, 6) is 1.20. The Morgan fingerprint density at radius 2 is 1.88 bits per heavy atom. The fourth-order valence-electron chi connectivity index (χ4n) is 4.05. The first-order chi connectivity index (χ1) is 15.7. The molecule has 2 N–H and O–H groups in total. The number of carbonyl (C=O) groups excluding carboxylic acids is 1. The molecular formula is C25H22ClN3O3. The van der Waals surface area contributed by atoms with E-state index in [1.165, 1.54) is 0 Å². The standard InChI is InChI=1S/C25H22ClN3O3/c26-18-2-3-22-20(12-18)21(15-28-22)19(13-25(30)29-14-16-5-7-27-8-6-16)17-1-4-23-24(11-17)32-10-9-31-23/h1-8,11-12,15,19,28H,9-10,13-14H2,(H,29,30). The first-order valence-electron chi connectivity index (χ1n) is 10.5. The number of nitrogens with one attached hydrogen (secondary N) is 2. The molecule has 0 aliphatic carbocycles. The molecule has 1 aliphatic rings. The number of halogens is 1. The Kier molecular flexibility index (Phi) is 5.69. The van der Waals surface area contributed by atoms with E-state index in [0.29, 0.717) is 30.5 Å². The molecule has 0 spiro atoms. The van der Waals surface area contributed by atoms with Crippen LogP contribution in [0.25, 0.3) is 10.9 Å². The monoisotopic (exact) mass is 447 g/mol. The maximum Gasteiger partial charge on any atom is 0.221 e. The van der Waals surface area contributed by atoms with E-state index in [-0.39, 0.29) is 18.2 Å². The molecule has 1 amide bonds. The van der Waals surface area contributed by atoms with Crippen molar-refractivity contribution in [2.24, 2.45) is 0 Å². The number of aromatic amines is 1. The van der Waals surface area contributed by atoms with E-state index >= 15 is 0 Å². The molecule has 0 saturated heterocycles. The summed E-state index contributed by atoms with van der Waals surface area (Å²) in [7, 11) is 0. The molecule has 4 aromatic rings. The number of rotatable bonds is 6. The average molecular weight is 448 g/mol. The molecule has 0 saturated carbocycles. The fourth-order valence-corrected chi connectivity index (χ4v) is 4.22. The average Bonchev–Trinajstić information content (AvgIpc) is 3.24. The maximum atomic E-state index is 13.0. The van der Waals surface area contributed by atoms with Crippen molar-refractivity contribution in [2.75, 3.05) is 13.2 Å². The number of benzene rings is 2. The van der Waals surface area contributed by atoms with Crippen molar-refractivity contribution in [3.8, 4) is 11.5 Å². The number of pyridine rings is 1. The zero-order valence-corrected chi connectivity index (χ0v) is 18.1. The van der Waals surface area contributed by atoms with Crippen LogP contribution in [0.3, 0.4) is 0 Å². The van der Waals surface area contributed by atoms with Crippen LogP contribution in [0.1, 0.15) is 29.0 Å². The number of carbonyl (C=O) groups is 1. The SMILES string of the molecule is O=C(CC(c1ccc2c(c1)OCCO2)c1c[nH]c2ccc(Cl)cc12)NCc1ccncc1. The van der Waals surface area contributed by atoms with Crippen LogP contribution < -0.4 is 14.8 Å². The number of H-pyrrole nitrogens is 1. The van der Waals surface area contributed by atoms with Crippen molar-refractivity contribution >= 4 is 28.4 Å². The van der Waals surface area contributed by atoms with Crippen LogP contribution in [-0.2, 0) is 11.3 Å². The number of hydrogen-bond acceptors (Lipinski definition) is 4. The van der Waals surface area contributed by atoms with Crippen molar-refractivity contribution < 1.29 is 14.3 Å². The molecule has 2 aromatic carbocycles. The highest BCUT2D eigenvalue weighted by Gasteiger charge is 2.24. The van der Waals surface area contributed by atoms with E-state index in [4.69, 9.17) is 21.1 Å². The second-order valence-corrected chi connectivity index (χ2v) is 8.16. The Bertz CT molecular complexity index is 1260. The third kappa shape index (κ3) is 4.27. The topological polar surface area (TPSA) is 76.2 Å². The highest BCUT2D eigenvalue weighted by atomic mass is 35.5. The van der Waals surface area contributed by atoms with E-state index in [0.717, 1.165) is 33.3 Å². The van der Waals surface area contributed by atoms with Gasteiger partial charge in [0.05, 0.1) is 0 Å². The van der Waals surface area contributed by atoms with Gasteiger partial charge in [0.2, 0.25) is 5.91 Å². The summed E-state index contributed by atoms with van der Waals surface area (Å²) in [5, 5.41) is 4.68. The molecule has 2 aromatic heterocycles. The Morgan fingerprint density at radius 1 is 1.06 bits per heavy atom. The summed E-state index contributed by atoms with van der Waals surface area (Å²) in [4.78, 5) is 20.3. The van der Waals surface area contributed by atoms with E-state index in [1.54, 1.807) is 12.4 Å². The van der Waals surface area contributed by atoms with Gasteiger partial charge in [0.15, 0.2) is 11.5 Å². The molecule has 32 heavy (non-hydrogen) atoms. The second kappa shape index (κ2) is 8.93. The number of fused-ring (bicyclic) bond motifs is 2. The third-order valence-corrected chi connectivity index (χ3v) is 5.88. The Balaban J connectivity index is 1.47. The van der Waals surface area contributed by atoms with Crippen molar-refractivity contribution in [3.63, 3.8) is 0 Å². The Labute approximate surface area is 190 Å². The molecule has 0 bridgehead atoms. The van der Waals surface area contributed by atoms with E-state index in [9.17, 15) is 4.79 Å². The van der Waals surface area contributed by atoms with Gasteiger partial charge in [-0.2, -0.15) is 0 Å². The van der Waals surface area contributed by atoms with Gasteiger partial charge < -0.3 is 19.8 Å². The lowest BCUT2D eigenvalue weighted by atomic mass is 9.87. The molecule has 1 atom stereocenters. The highest BCUT2D eigenvalue weighted by molar-refractivity contribution is 6.31. The Hall–Kier alpha value is -3.51. The zero-order chi connectivity index (χ0) is 21.9. The van der Waals surface area contributed by atoms with Crippen LogP contribution in [0, 0.1) is 0 Å². The minimum Gasteiger partial charge on any atom is -0.486 e. The van der Waals surface area contributed by atoms with Gasteiger partial charge in [0.25, 0.3) is 0 Å². The number of ether oxygens (including phenoxy) is 2. The van der Waals surface area contributed by atoms with Gasteiger partial charge in [-0.05, 0) is 59.2 Å². The van der Waals surface area contributed by atoms with Crippen molar-refractivity contribution in [2.45, 2.75) is 18.9 Å². The highest BCUT2D eigenvalue weighted by Crippen LogP contribution is 2.39. The first kappa shape index (κ1) is 20.4. The summed E-state index contributed by atoms with van der Waals surface area (Å²) in [6.07, 6.45) is 5.67. The van der Waals surface area contributed by atoms with Gasteiger partial charge in [-0.1, -0.05) is 17.7 Å². The second-order valence-electron chi connectivity index (χ2n) is 7.73. The zero-order valence-electron chi connectivity index (χ0n) is 17.3. The van der Waals surface area contributed by atoms with Crippen LogP contribution >= 0.6 is 11.6 Å². The molecule has 0 radical (unpaired) electrons. The molecule has 0 fully saturated rings. The van der Waals surface area contributed by atoms with Crippen LogP contribution in [0.2, 0.25) is 5.02 Å². The van der Waals surface area contributed by atoms with Crippen LogP contribution in [0.4, 0.5) is 0 Å². The number of hydrogen-bond donors (Lipinski definition) is 2. The maximum absolute atomic E-state index is 13.0. The molecule has 6 nitrogen and oxygen atoms in total. The largest absolute Gasteiger partial charge is 0.486 e. The predicted octanol–water partition coefficient (Wildman–Crippen LogP) is 4.83. The van der Waals surface area contributed by atoms with Gasteiger partial charge in [0, 0.05) is 53.4 Å². The molecular weight excluding hydrogens is 426 g/mol. The molecule has 7 heteroatoms. The van der Waals surface area contributed by atoms with Gasteiger partial charge >= 0.3 is 0 Å². The lowest BCUT2D eigenvalue weighted by Crippen LogP contribution is -2.25. The van der Waals surface area contributed by atoms with E-state index in [1.807, 2.05) is 54.7 Å². The Morgan fingerprint density at radius 3 is 2.72 bits per heavy atom. The number of amides is 1. The fraction of sp³-hybridized carbons (Fsp3) is 0.200. The van der Waals surface area contributed by atoms with Crippen LogP contribution in [0.5, 0.6) is 11.5 Å². The molecule has 5 rings (SSSR count). The summed E-state index contributed by atoms with van der Waals surface area (Å²) < 4.78 is 11.5. The van der Waals surface area contributed by atoms with Gasteiger partial charge in [-0.3, -0.25) is 9.78 Å². The summed E-state index contributed by atoms with van der Waals surface area (Å²) in [6.45, 7) is 1.50. The van der Waals surface area contributed by atoms with E-state index < -0.39 is 0 Å². The summed E-state index contributed by atoms with van der Waals surface area (Å²) in [5.41, 5.74) is 3.97. The minimum atomic E-state index is -0.185. The number of nitrogens with zero attached hydrogens (tertiary/aromatic N) is 1. The van der Waals surface area contributed by atoms with Crippen molar-refractivity contribution in [1.29, 1.82) is 0 Å². The van der Waals surface area contributed by atoms with Crippen molar-refractivity contribution in [3.05, 3.63) is 88.8 Å². The quantitative estimate of drug-likeness (QED) is 0.444. The van der Waals surface area contributed by atoms with Gasteiger partial charge in [0.1, 0.15) is 13.2 Å². The molecule has 3 heterocycles. The third-order valence-electron chi connectivity index (χ3n) is 5.65. The molecule has 162 valence electrons. The molecule has 1 aliphatic heterocycles. The molecule has 1 unspecified atom stereocenters. The van der Waals surface area contributed by atoms with Crippen LogP contribution in [-0.4, -0.2) is 29.1 Å². The minimum absolute atomic E-state index is 0.0434. The lowest BCUT2D eigenvalue weighted by Gasteiger charge is -2.22.